The number of rotatable bonds is 6. The maximum absolute atomic E-state index is 11.1. The number of non-ortho nitro benzene ring substituents is 1. The lowest BCUT2D eigenvalue weighted by atomic mass is 10.1. The summed E-state index contributed by atoms with van der Waals surface area (Å²) in [5.74, 6) is -1.05. The third kappa shape index (κ3) is 6.54. The monoisotopic (exact) mass is 370 g/mol. The lowest BCUT2D eigenvalue weighted by Crippen LogP contribution is -1.94. The molecule has 8 nitrogen and oxygen atoms in total. The topological polar surface area (TPSA) is 124 Å². The van der Waals surface area contributed by atoms with Crippen LogP contribution >= 0.6 is 0 Å². The summed E-state index contributed by atoms with van der Waals surface area (Å²) in [5.41, 5.74) is 0.969. The Morgan fingerprint density at radius 1 is 0.889 bits per heavy atom. The van der Waals surface area contributed by atoms with E-state index in [1.54, 1.807) is 30.3 Å². The zero-order valence-corrected chi connectivity index (χ0v) is 14.7. The molecule has 2 rings (SSSR count). The highest BCUT2D eigenvalue weighted by Gasteiger charge is 2.17. The van der Waals surface area contributed by atoms with Crippen LogP contribution in [0, 0.1) is 20.2 Å². The van der Waals surface area contributed by atoms with Gasteiger partial charge in [0.15, 0.2) is 0 Å². The molecule has 0 atom stereocenters. The number of carboxylic acids is 1. The van der Waals surface area contributed by atoms with Crippen LogP contribution in [0.25, 0.3) is 18.2 Å². The van der Waals surface area contributed by atoms with Crippen molar-refractivity contribution in [3.8, 4) is 0 Å². The fraction of sp³-hybridized carbons (Fsp3) is 0.105. The summed E-state index contributed by atoms with van der Waals surface area (Å²) in [4.78, 5) is 30.9. The molecule has 2 aromatic carbocycles. The van der Waals surface area contributed by atoms with Gasteiger partial charge in [-0.3, -0.25) is 20.2 Å². The Morgan fingerprint density at radius 2 is 1.44 bits per heavy atom. The third-order valence-electron chi connectivity index (χ3n) is 3.23. The Labute approximate surface area is 155 Å². The molecule has 0 heterocycles. The molecule has 0 aliphatic heterocycles. The number of hydrogen-bond acceptors (Lipinski definition) is 5. The molecule has 0 aliphatic carbocycles. The lowest BCUT2D eigenvalue weighted by Gasteiger charge is -1.99. The largest absolute Gasteiger partial charge is 0.478 e. The summed E-state index contributed by atoms with van der Waals surface area (Å²) < 4.78 is 0. The van der Waals surface area contributed by atoms with E-state index in [1.807, 2.05) is 13.8 Å². The molecule has 0 bridgehead atoms. The molecule has 0 saturated heterocycles. The van der Waals surface area contributed by atoms with Crippen LogP contribution < -0.4 is 0 Å². The highest BCUT2D eigenvalue weighted by atomic mass is 16.6. The summed E-state index contributed by atoms with van der Waals surface area (Å²) in [6, 6.07) is 10.3. The SMILES string of the molecule is CC.O=C(O)/C=C/c1ccc(/C=C/c2ccc([N+](=O)[O-])cc2[N+](=O)[O-])cc1. The molecule has 0 saturated carbocycles. The van der Waals surface area contributed by atoms with E-state index in [4.69, 9.17) is 5.11 Å². The number of hydrogen-bond donors (Lipinski definition) is 1. The first-order valence-electron chi connectivity index (χ1n) is 7.99. The minimum Gasteiger partial charge on any atom is -0.478 e. The van der Waals surface area contributed by atoms with Crippen molar-refractivity contribution < 1.29 is 19.7 Å². The average Bonchev–Trinajstić information content (AvgIpc) is 2.66. The molecule has 1 N–H and O–H groups in total. The number of aliphatic carboxylic acids is 1. The van der Waals surface area contributed by atoms with E-state index < -0.39 is 15.8 Å². The number of nitro benzene ring substituents is 2. The minimum absolute atomic E-state index is 0.241. The second-order valence-electron chi connectivity index (χ2n) is 4.93. The van der Waals surface area contributed by atoms with Gasteiger partial charge < -0.3 is 5.11 Å². The Kier molecular flexibility index (Phi) is 8.05. The highest BCUT2D eigenvalue weighted by Crippen LogP contribution is 2.26. The second-order valence-corrected chi connectivity index (χ2v) is 4.93. The van der Waals surface area contributed by atoms with Gasteiger partial charge in [-0.05, 0) is 29.3 Å². The van der Waals surface area contributed by atoms with E-state index in [0.29, 0.717) is 5.56 Å². The van der Waals surface area contributed by atoms with Crippen molar-refractivity contribution in [3.63, 3.8) is 0 Å². The van der Waals surface area contributed by atoms with Crippen molar-refractivity contribution in [2.75, 3.05) is 0 Å². The highest BCUT2D eigenvalue weighted by molar-refractivity contribution is 5.85. The van der Waals surface area contributed by atoms with Crippen LogP contribution in [0.5, 0.6) is 0 Å². The van der Waals surface area contributed by atoms with E-state index in [0.717, 1.165) is 17.7 Å². The Hall–Kier alpha value is -3.81. The summed E-state index contributed by atoms with van der Waals surface area (Å²) >= 11 is 0. The van der Waals surface area contributed by atoms with Crippen molar-refractivity contribution in [2.45, 2.75) is 13.8 Å². The number of nitro groups is 2. The predicted molar refractivity (Wildman–Crippen MR) is 103 cm³/mol. The van der Waals surface area contributed by atoms with Gasteiger partial charge in [-0.15, -0.1) is 0 Å². The van der Waals surface area contributed by atoms with Gasteiger partial charge >= 0.3 is 5.97 Å². The molecular weight excluding hydrogens is 352 g/mol. The fourth-order valence-corrected chi connectivity index (χ4v) is 2.02. The lowest BCUT2D eigenvalue weighted by molar-refractivity contribution is -0.394. The fourth-order valence-electron chi connectivity index (χ4n) is 2.02. The number of benzene rings is 2. The van der Waals surface area contributed by atoms with Gasteiger partial charge in [0.2, 0.25) is 0 Å². The van der Waals surface area contributed by atoms with Crippen LogP contribution in [0.1, 0.15) is 30.5 Å². The molecule has 27 heavy (non-hydrogen) atoms. The molecular formula is C19H18N2O6. The summed E-state index contributed by atoms with van der Waals surface area (Å²) in [6.07, 6.45) is 5.57. The standard InChI is InChI=1S/C17H12N2O6.C2H6/c20-17(21)10-6-13-3-1-12(2-4-13)5-7-14-8-9-15(18(22)23)11-16(14)19(24)25;1-2/h1-11H,(H,20,21);1-2H3/b7-5+,10-6+;. The van der Waals surface area contributed by atoms with Gasteiger partial charge in [0.25, 0.3) is 11.4 Å². The second kappa shape index (κ2) is 10.2. The Balaban J connectivity index is 0.00000176. The van der Waals surface area contributed by atoms with Crippen LogP contribution in [-0.4, -0.2) is 20.9 Å². The van der Waals surface area contributed by atoms with E-state index in [2.05, 4.69) is 0 Å². The first-order valence-corrected chi connectivity index (χ1v) is 7.99. The normalized spacial score (nSPS) is 10.4. The van der Waals surface area contributed by atoms with Crippen LogP contribution in [0.2, 0.25) is 0 Å². The van der Waals surface area contributed by atoms with Gasteiger partial charge in [0.05, 0.1) is 21.5 Å². The quantitative estimate of drug-likeness (QED) is 0.337. The molecule has 140 valence electrons. The van der Waals surface area contributed by atoms with Gasteiger partial charge in [-0.25, -0.2) is 4.79 Å². The van der Waals surface area contributed by atoms with Gasteiger partial charge in [-0.2, -0.15) is 0 Å². The maximum Gasteiger partial charge on any atom is 0.328 e. The molecule has 0 aromatic heterocycles. The van der Waals surface area contributed by atoms with E-state index in [-0.39, 0.29) is 16.9 Å². The number of carboxylic acid groups (broad SMARTS) is 1. The summed E-state index contributed by atoms with van der Waals surface area (Å²) in [7, 11) is 0. The van der Waals surface area contributed by atoms with Crippen molar-refractivity contribution in [2.24, 2.45) is 0 Å². The van der Waals surface area contributed by atoms with E-state index in [1.165, 1.54) is 24.3 Å². The maximum atomic E-state index is 11.1. The van der Waals surface area contributed by atoms with Gasteiger partial charge in [0.1, 0.15) is 0 Å². The number of nitrogens with zero attached hydrogens (tertiary/aromatic N) is 2. The van der Waals surface area contributed by atoms with E-state index in [9.17, 15) is 25.0 Å². The van der Waals surface area contributed by atoms with Crippen LogP contribution in [0.3, 0.4) is 0 Å². The Bertz CT molecular complexity index is 886. The van der Waals surface area contributed by atoms with Crippen LogP contribution in [-0.2, 0) is 4.79 Å². The zero-order chi connectivity index (χ0) is 20.4. The van der Waals surface area contributed by atoms with Crippen LogP contribution in [0.4, 0.5) is 11.4 Å². The molecule has 0 radical (unpaired) electrons. The first-order chi connectivity index (χ1) is 12.9. The average molecular weight is 370 g/mol. The van der Waals surface area contributed by atoms with Crippen LogP contribution in [0.15, 0.2) is 48.5 Å². The third-order valence-corrected chi connectivity index (χ3v) is 3.23. The molecule has 2 aromatic rings. The van der Waals surface area contributed by atoms with Crippen molar-refractivity contribution in [3.05, 3.63) is 85.5 Å². The zero-order valence-electron chi connectivity index (χ0n) is 14.7. The smallest absolute Gasteiger partial charge is 0.328 e. The van der Waals surface area contributed by atoms with Gasteiger partial charge in [0, 0.05) is 12.1 Å². The first kappa shape index (κ1) is 21.2. The van der Waals surface area contributed by atoms with Crippen molar-refractivity contribution in [1.29, 1.82) is 0 Å². The van der Waals surface area contributed by atoms with Crippen molar-refractivity contribution in [1.82, 2.24) is 0 Å². The Morgan fingerprint density at radius 3 is 1.93 bits per heavy atom. The van der Waals surface area contributed by atoms with Gasteiger partial charge in [-0.1, -0.05) is 44.2 Å². The van der Waals surface area contributed by atoms with E-state index >= 15 is 0 Å². The summed E-state index contributed by atoms with van der Waals surface area (Å²) in [5, 5.41) is 30.4. The summed E-state index contributed by atoms with van der Waals surface area (Å²) in [6.45, 7) is 4.00. The molecule has 0 aliphatic rings. The molecule has 0 spiro atoms. The number of carbonyl (C=O) groups is 1. The molecule has 0 amide bonds. The molecule has 0 unspecified atom stereocenters. The molecule has 8 heteroatoms. The minimum atomic E-state index is -1.05. The molecule has 0 fully saturated rings. The predicted octanol–water partition coefficient (Wildman–Crippen LogP) is 4.80. The van der Waals surface area contributed by atoms with Crippen molar-refractivity contribution >= 4 is 35.6 Å².